The molecule has 1 N–H and O–H groups in total. The Hall–Kier alpha value is -1.09. The summed E-state index contributed by atoms with van der Waals surface area (Å²) in [6.07, 6.45) is 3.57. The number of rotatable bonds is 4. The maximum Gasteiger partial charge on any atom is 0.146 e. The summed E-state index contributed by atoms with van der Waals surface area (Å²) in [5.74, 6) is 0.673. The Morgan fingerprint density at radius 3 is 2.85 bits per heavy atom. The average molecular weight is 278 g/mol. The van der Waals surface area contributed by atoms with Crippen molar-refractivity contribution >= 4 is 5.69 Å². The first-order chi connectivity index (χ1) is 9.58. The second kappa shape index (κ2) is 7.07. The lowest BCUT2D eigenvalue weighted by Crippen LogP contribution is -2.29. The molecule has 0 aliphatic carbocycles. The molecule has 1 saturated heterocycles. The van der Waals surface area contributed by atoms with Gasteiger partial charge in [0.15, 0.2) is 0 Å². The molecule has 1 aliphatic rings. The van der Waals surface area contributed by atoms with Crippen LogP contribution < -0.4 is 10.2 Å². The van der Waals surface area contributed by atoms with E-state index in [9.17, 15) is 4.39 Å². The van der Waals surface area contributed by atoms with Crippen molar-refractivity contribution < 1.29 is 4.39 Å². The average Bonchev–Trinajstić information content (AvgIpc) is 2.61. The van der Waals surface area contributed by atoms with Crippen molar-refractivity contribution in [2.24, 2.45) is 5.92 Å². The molecule has 1 atom stereocenters. The monoisotopic (exact) mass is 278 g/mol. The van der Waals surface area contributed by atoms with Crippen molar-refractivity contribution in [1.29, 1.82) is 0 Å². The van der Waals surface area contributed by atoms with Crippen LogP contribution in [0, 0.1) is 11.7 Å². The molecular formula is C17H27FN2. The first-order valence-electron chi connectivity index (χ1n) is 7.83. The first-order valence-corrected chi connectivity index (χ1v) is 7.83. The fourth-order valence-electron chi connectivity index (χ4n) is 2.86. The van der Waals surface area contributed by atoms with Gasteiger partial charge in [0.1, 0.15) is 5.82 Å². The van der Waals surface area contributed by atoms with Gasteiger partial charge in [-0.2, -0.15) is 0 Å². The summed E-state index contributed by atoms with van der Waals surface area (Å²) in [6.45, 7) is 9.21. The molecule has 0 bridgehead atoms. The van der Waals surface area contributed by atoms with Crippen LogP contribution in [0.25, 0.3) is 0 Å². The van der Waals surface area contributed by atoms with E-state index >= 15 is 0 Å². The number of halogens is 1. The second-order valence-electron chi connectivity index (χ2n) is 6.31. The highest BCUT2D eigenvalue weighted by Crippen LogP contribution is 2.28. The van der Waals surface area contributed by atoms with Gasteiger partial charge in [-0.25, -0.2) is 4.39 Å². The van der Waals surface area contributed by atoms with Crippen molar-refractivity contribution in [2.75, 3.05) is 18.0 Å². The molecule has 2 rings (SSSR count). The van der Waals surface area contributed by atoms with Crippen LogP contribution in [0.15, 0.2) is 18.2 Å². The van der Waals surface area contributed by atoms with Crippen LogP contribution in [0.2, 0.25) is 0 Å². The highest BCUT2D eigenvalue weighted by Gasteiger charge is 2.19. The lowest BCUT2D eigenvalue weighted by molar-refractivity contribution is 0.520. The SMILES string of the molecule is CC1CCCN(c2c(F)cccc2CNC(C)C)CC1. The van der Waals surface area contributed by atoms with E-state index in [-0.39, 0.29) is 5.82 Å². The van der Waals surface area contributed by atoms with Crippen LogP contribution in [-0.2, 0) is 6.54 Å². The van der Waals surface area contributed by atoms with Crippen LogP contribution in [0.4, 0.5) is 10.1 Å². The van der Waals surface area contributed by atoms with Crippen LogP contribution in [0.5, 0.6) is 0 Å². The third kappa shape index (κ3) is 3.95. The van der Waals surface area contributed by atoms with Gasteiger partial charge in [0, 0.05) is 25.7 Å². The van der Waals surface area contributed by atoms with Crippen molar-refractivity contribution in [3.63, 3.8) is 0 Å². The van der Waals surface area contributed by atoms with E-state index in [1.807, 2.05) is 12.1 Å². The summed E-state index contributed by atoms with van der Waals surface area (Å²) < 4.78 is 14.3. The fraction of sp³-hybridized carbons (Fsp3) is 0.647. The van der Waals surface area contributed by atoms with Gasteiger partial charge in [0.05, 0.1) is 5.69 Å². The standard InChI is InChI=1S/C17H27FN2/c1-13(2)19-12-15-7-4-8-16(18)17(15)20-10-5-6-14(3)9-11-20/h4,7-8,13-14,19H,5-6,9-12H2,1-3H3. The number of hydrogen-bond acceptors (Lipinski definition) is 2. The summed E-state index contributed by atoms with van der Waals surface area (Å²) in [6, 6.07) is 5.86. The van der Waals surface area contributed by atoms with Crippen LogP contribution in [-0.4, -0.2) is 19.1 Å². The molecule has 0 aromatic heterocycles. The predicted molar refractivity (Wildman–Crippen MR) is 83.6 cm³/mol. The largest absolute Gasteiger partial charge is 0.369 e. The quantitative estimate of drug-likeness (QED) is 0.897. The summed E-state index contributed by atoms with van der Waals surface area (Å²) in [4.78, 5) is 2.25. The van der Waals surface area contributed by atoms with Crippen molar-refractivity contribution in [3.05, 3.63) is 29.6 Å². The number of nitrogens with one attached hydrogen (secondary N) is 1. The van der Waals surface area contributed by atoms with Gasteiger partial charge in [0.25, 0.3) is 0 Å². The van der Waals surface area contributed by atoms with Gasteiger partial charge >= 0.3 is 0 Å². The van der Waals surface area contributed by atoms with E-state index < -0.39 is 0 Å². The highest BCUT2D eigenvalue weighted by atomic mass is 19.1. The summed E-state index contributed by atoms with van der Waals surface area (Å²) >= 11 is 0. The van der Waals surface area contributed by atoms with Crippen molar-refractivity contribution in [1.82, 2.24) is 5.32 Å². The third-order valence-electron chi connectivity index (χ3n) is 4.10. The maximum absolute atomic E-state index is 14.3. The lowest BCUT2D eigenvalue weighted by atomic mass is 10.0. The van der Waals surface area contributed by atoms with Crippen molar-refractivity contribution in [2.45, 2.75) is 52.6 Å². The van der Waals surface area contributed by atoms with Gasteiger partial charge in [-0.15, -0.1) is 0 Å². The predicted octanol–water partition coefficient (Wildman–Crippen LogP) is 3.95. The molecule has 0 radical (unpaired) electrons. The minimum absolute atomic E-state index is 0.0809. The smallest absolute Gasteiger partial charge is 0.146 e. The van der Waals surface area contributed by atoms with Gasteiger partial charge in [0.2, 0.25) is 0 Å². The molecule has 1 aliphatic heterocycles. The molecule has 0 amide bonds. The molecule has 1 aromatic carbocycles. The molecule has 20 heavy (non-hydrogen) atoms. The third-order valence-corrected chi connectivity index (χ3v) is 4.10. The molecule has 0 saturated carbocycles. The molecule has 112 valence electrons. The minimum atomic E-state index is -0.0809. The van der Waals surface area contributed by atoms with E-state index in [4.69, 9.17) is 0 Å². The van der Waals surface area contributed by atoms with Crippen LogP contribution >= 0.6 is 0 Å². The van der Waals surface area contributed by atoms with Crippen LogP contribution in [0.1, 0.15) is 45.6 Å². The topological polar surface area (TPSA) is 15.3 Å². The zero-order valence-corrected chi connectivity index (χ0v) is 13.0. The maximum atomic E-state index is 14.3. The molecular weight excluding hydrogens is 251 g/mol. The van der Waals surface area contributed by atoms with E-state index in [2.05, 4.69) is 31.0 Å². The molecule has 0 spiro atoms. The van der Waals surface area contributed by atoms with Gasteiger partial charge < -0.3 is 10.2 Å². The van der Waals surface area contributed by atoms with Gasteiger partial charge in [-0.1, -0.05) is 32.9 Å². The summed E-state index contributed by atoms with van der Waals surface area (Å²) in [5.41, 5.74) is 1.89. The highest BCUT2D eigenvalue weighted by molar-refractivity contribution is 5.55. The number of para-hydroxylation sites is 1. The number of benzene rings is 1. The van der Waals surface area contributed by atoms with Gasteiger partial charge in [-0.3, -0.25) is 0 Å². The Bertz CT molecular complexity index is 431. The molecule has 1 unspecified atom stereocenters. The first kappa shape index (κ1) is 15.3. The summed E-state index contributed by atoms with van der Waals surface area (Å²) in [7, 11) is 0. The lowest BCUT2D eigenvalue weighted by Gasteiger charge is -2.26. The normalized spacial score (nSPS) is 20.2. The fourth-order valence-corrected chi connectivity index (χ4v) is 2.86. The van der Waals surface area contributed by atoms with Gasteiger partial charge in [-0.05, 0) is 36.8 Å². The molecule has 1 fully saturated rings. The molecule has 1 aromatic rings. The molecule has 1 heterocycles. The zero-order chi connectivity index (χ0) is 14.5. The van der Waals surface area contributed by atoms with E-state index in [0.717, 1.165) is 49.6 Å². The Balaban J connectivity index is 2.19. The van der Waals surface area contributed by atoms with E-state index in [0.29, 0.717) is 6.04 Å². The van der Waals surface area contributed by atoms with Crippen molar-refractivity contribution in [3.8, 4) is 0 Å². The number of hydrogen-bond donors (Lipinski definition) is 1. The van der Waals surface area contributed by atoms with Crippen LogP contribution in [0.3, 0.4) is 0 Å². The van der Waals surface area contributed by atoms with E-state index in [1.165, 1.54) is 6.42 Å². The molecule has 2 nitrogen and oxygen atoms in total. The van der Waals surface area contributed by atoms with E-state index in [1.54, 1.807) is 6.07 Å². The minimum Gasteiger partial charge on any atom is -0.369 e. The second-order valence-corrected chi connectivity index (χ2v) is 6.31. The Labute approximate surface area is 122 Å². The molecule has 3 heteroatoms. The summed E-state index contributed by atoms with van der Waals surface area (Å²) in [5, 5.41) is 3.40. The Morgan fingerprint density at radius 1 is 1.30 bits per heavy atom. The Morgan fingerprint density at radius 2 is 2.10 bits per heavy atom. The number of anilines is 1. The zero-order valence-electron chi connectivity index (χ0n) is 13.0. The Kier molecular flexibility index (Phi) is 5.41. The number of nitrogens with zero attached hydrogens (tertiary/aromatic N) is 1.